The van der Waals surface area contributed by atoms with E-state index in [-0.39, 0.29) is 43.6 Å². The summed E-state index contributed by atoms with van der Waals surface area (Å²) in [6, 6.07) is 12.2. The van der Waals surface area contributed by atoms with Gasteiger partial charge in [-0.25, -0.2) is 4.79 Å². The van der Waals surface area contributed by atoms with Crippen LogP contribution in [0.15, 0.2) is 42.5 Å². The van der Waals surface area contributed by atoms with E-state index < -0.39 is 0 Å². The van der Waals surface area contributed by atoms with Gasteiger partial charge in [-0.15, -0.1) is 0 Å². The first kappa shape index (κ1) is 29.1. The highest BCUT2D eigenvalue weighted by molar-refractivity contribution is 6.33. The van der Waals surface area contributed by atoms with Crippen molar-refractivity contribution in [1.29, 1.82) is 0 Å². The molecule has 1 aliphatic rings. The molecule has 1 fully saturated rings. The molecule has 3 rings (SSSR count). The highest BCUT2D eigenvalue weighted by Gasteiger charge is 2.23. The SMILES string of the molecule is COCCN(CC(=O)Nc1cc(N2CCN(C(=O)NC(C)C)CC2)ccc1Cl)C(=O)c1ccc(OC)cc1. The summed E-state index contributed by atoms with van der Waals surface area (Å²) in [6.07, 6.45) is 0. The largest absolute Gasteiger partial charge is 0.497 e. The zero-order chi connectivity index (χ0) is 27.7. The minimum atomic E-state index is -0.378. The third kappa shape index (κ3) is 8.00. The zero-order valence-electron chi connectivity index (χ0n) is 22.3. The summed E-state index contributed by atoms with van der Waals surface area (Å²) >= 11 is 6.39. The second-order valence-electron chi connectivity index (χ2n) is 9.24. The van der Waals surface area contributed by atoms with Crippen molar-refractivity contribution in [3.8, 4) is 5.75 Å². The highest BCUT2D eigenvalue weighted by Crippen LogP contribution is 2.28. The fourth-order valence-electron chi connectivity index (χ4n) is 4.04. The summed E-state index contributed by atoms with van der Waals surface area (Å²) in [7, 11) is 3.09. The lowest BCUT2D eigenvalue weighted by Crippen LogP contribution is -2.52. The van der Waals surface area contributed by atoms with E-state index in [0.29, 0.717) is 48.2 Å². The minimum Gasteiger partial charge on any atom is -0.497 e. The number of carbonyl (C=O) groups is 3. The summed E-state index contributed by atoms with van der Waals surface area (Å²) in [6.45, 7) is 6.72. The molecule has 0 aliphatic carbocycles. The number of hydrogen-bond donors (Lipinski definition) is 2. The standard InChI is InChI=1S/C27H36ClN5O5/c1-19(2)29-27(36)32-13-11-31(12-14-32)21-7-10-23(28)24(17-21)30-25(34)18-33(15-16-37-3)26(35)20-5-8-22(38-4)9-6-20/h5-10,17,19H,11-16,18H2,1-4H3,(H,29,36)(H,30,34). The van der Waals surface area contributed by atoms with E-state index in [1.165, 1.54) is 12.0 Å². The topological polar surface area (TPSA) is 103 Å². The van der Waals surface area contributed by atoms with Crippen LogP contribution in [-0.2, 0) is 9.53 Å². The Labute approximate surface area is 228 Å². The summed E-state index contributed by atoms with van der Waals surface area (Å²) in [5, 5.41) is 6.15. The summed E-state index contributed by atoms with van der Waals surface area (Å²) in [4.78, 5) is 43.7. The van der Waals surface area contributed by atoms with Gasteiger partial charge in [-0.1, -0.05) is 11.6 Å². The Kier molecular flexibility index (Phi) is 10.6. The molecule has 0 radical (unpaired) electrons. The van der Waals surface area contributed by atoms with Crippen molar-refractivity contribution in [3.05, 3.63) is 53.1 Å². The Balaban J connectivity index is 1.64. The van der Waals surface area contributed by atoms with Crippen LogP contribution in [0.1, 0.15) is 24.2 Å². The minimum absolute atomic E-state index is 0.0640. The molecule has 0 bridgehead atoms. The Morgan fingerprint density at radius 3 is 2.32 bits per heavy atom. The van der Waals surface area contributed by atoms with Gasteiger partial charge >= 0.3 is 6.03 Å². The summed E-state index contributed by atoms with van der Waals surface area (Å²) in [5.41, 5.74) is 1.79. The highest BCUT2D eigenvalue weighted by atomic mass is 35.5. The normalized spacial score (nSPS) is 13.3. The van der Waals surface area contributed by atoms with Gasteiger partial charge in [0, 0.05) is 57.1 Å². The maximum Gasteiger partial charge on any atom is 0.317 e. The van der Waals surface area contributed by atoms with Crippen LogP contribution in [0.4, 0.5) is 16.2 Å². The van der Waals surface area contributed by atoms with Crippen LogP contribution < -0.4 is 20.3 Å². The molecule has 11 heteroatoms. The van der Waals surface area contributed by atoms with E-state index in [9.17, 15) is 14.4 Å². The average molecular weight is 546 g/mol. The predicted octanol–water partition coefficient (Wildman–Crippen LogP) is 3.32. The van der Waals surface area contributed by atoms with Crippen molar-refractivity contribution in [2.24, 2.45) is 0 Å². The summed E-state index contributed by atoms with van der Waals surface area (Å²) in [5.74, 6) is -0.0336. The lowest BCUT2D eigenvalue weighted by atomic mass is 10.2. The van der Waals surface area contributed by atoms with Gasteiger partial charge in [0.05, 0.1) is 24.4 Å². The van der Waals surface area contributed by atoms with Crippen molar-refractivity contribution in [2.75, 3.05) is 70.3 Å². The average Bonchev–Trinajstić information content (AvgIpc) is 2.91. The number of piperazine rings is 1. The predicted molar refractivity (Wildman–Crippen MR) is 148 cm³/mol. The van der Waals surface area contributed by atoms with Crippen LogP contribution in [0.3, 0.4) is 0 Å². The molecular weight excluding hydrogens is 510 g/mol. The van der Waals surface area contributed by atoms with E-state index in [4.69, 9.17) is 21.1 Å². The maximum atomic E-state index is 13.1. The Hall–Kier alpha value is -3.50. The maximum absolute atomic E-state index is 13.1. The molecule has 10 nitrogen and oxygen atoms in total. The zero-order valence-corrected chi connectivity index (χ0v) is 23.1. The third-order valence-corrected chi connectivity index (χ3v) is 6.42. The van der Waals surface area contributed by atoms with Crippen molar-refractivity contribution in [2.45, 2.75) is 19.9 Å². The van der Waals surface area contributed by atoms with Crippen LogP contribution >= 0.6 is 11.6 Å². The second-order valence-corrected chi connectivity index (χ2v) is 9.65. The molecular formula is C27H36ClN5O5. The monoisotopic (exact) mass is 545 g/mol. The molecule has 38 heavy (non-hydrogen) atoms. The molecule has 206 valence electrons. The molecule has 1 aliphatic heterocycles. The molecule has 0 aromatic heterocycles. The number of ether oxygens (including phenoxy) is 2. The van der Waals surface area contributed by atoms with Gasteiger partial charge in [-0.3, -0.25) is 9.59 Å². The van der Waals surface area contributed by atoms with Crippen LogP contribution in [0.25, 0.3) is 0 Å². The van der Waals surface area contributed by atoms with Gasteiger partial charge in [-0.05, 0) is 56.3 Å². The molecule has 0 unspecified atom stereocenters. The first-order valence-corrected chi connectivity index (χ1v) is 12.9. The van der Waals surface area contributed by atoms with Gasteiger partial charge in [0.25, 0.3) is 5.91 Å². The van der Waals surface area contributed by atoms with Crippen LogP contribution in [0.5, 0.6) is 5.75 Å². The molecule has 1 heterocycles. The number of methoxy groups -OCH3 is 2. The second kappa shape index (κ2) is 13.9. The van der Waals surface area contributed by atoms with Crippen molar-refractivity contribution in [3.63, 3.8) is 0 Å². The lowest BCUT2D eigenvalue weighted by Gasteiger charge is -2.36. The van der Waals surface area contributed by atoms with Gasteiger partial charge in [0.2, 0.25) is 5.91 Å². The molecule has 2 N–H and O–H groups in total. The van der Waals surface area contributed by atoms with E-state index in [0.717, 1.165) is 5.69 Å². The van der Waals surface area contributed by atoms with Crippen molar-refractivity contribution in [1.82, 2.24) is 15.1 Å². The van der Waals surface area contributed by atoms with Crippen LogP contribution in [0.2, 0.25) is 5.02 Å². The first-order chi connectivity index (χ1) is 18.2. The third-order valence-electron chi connectivity index (χ3n) is 6.09. The van der Waals surface area contributed by atoms with Crippen LogP contribution in [0, 0.1) is 0 Å². The van der Waals surface area contributed by atoms with Crippen molar-refractivity contribution >= 4 is 40.8 Å². The molecule has 0 atom stereocenters. The fraction of sp³-hybridized carbons (Fsp3) is 0.444. The number of rotatable bonds is 10. The number of carbonyl (C=O) groups excluding carboxylic acids is 3. The number of benzene rings is 2. The van der Waals surface area contributed by atoms with Gasteiger partial charge in [0.15, 0.2) is 0 Å². The molecule has 1 saturated heterocycles. The molecule has 4 amide bonds. The molecule has 0 saturated carbocycles. The quantitative estimate of drug-likeness (QED) is 0.475. The fourth-order valence-corrected chi connectivity index (χ4v) is 4.21. The van der Waals surface area contributed by atoms with E-state index in [2.05, 4.69) is 15.5 Å². The Bertz CT molecular complexity index is 1100. The number of nitrogens with zero attached hydrogens (tertiary/aromatic N) is 3. The van der Waals surface area contributed by atoms with Gasteiger partial charge in [0.1, 0.15) is 12.3 Å². The van der Waals surface area contributed by atoms with Gasteiger partial charge < -0.3 is 34.8 Å². The number of nitrogens with one attached hydrogen (secondary N) is 2. The van der Waals surface area contributed by atoms with E-state index >= 15 is 0 Å². The number of amides is 4. The number of urea groups is 1. The first-order valence-electron chi connectivity index (χ1n) is 12.5. The van der Waals surface area contributed by atoms with Gasteiger partial charge in [-0.2, -0.15) is 0 Å². The van der Waals surface area contributed by atoms with E-state index in [1.54, 1.807) is 42.3 Å². The lowest BCUT2D eigenvalue weighted by molar-refractivity contribution is -0.117. The number of anilines is 2. The smallest absolute Gasteiger partial charge is 0.317 e. The van der Waals surface area contributed by atoms with Crippen molar-refractivity contribution < 1.29 is 23.9 Å². The number of halogens is 1. The van der Waals surface area contributed by atoms with E-state index in [1.807, 2.05) is 26.0 Å². The van der Waals surface area contributed by atoms with Crippen LogP contribution in [-0.4, -0.2) is 93.8 Å². The summed E-state index contributed by atoms with van der Waals surface area (Å²) < 4.78 is 10.3. The molecule has 2 aromatic rings. The Morgan fingerprint density at radius 1 is 1.03 bits per heavy atom. The molecule has 2 aromatic carbocycles. The Morgan fingerprint density at radius 2 is 1.71 bits per heavy atom. The number of hydrogen-bond acceptors (Lipinski definition) is 6. The molecule has 0 spiro atoms.